The highest BCUT2D eigenvalue weighted by Gasteiger charge is 2.27. The summed E-state index contributed by atoms with van der Waals surface area (Å²) in [6.45, 7) is 4.53. The van der Waals surface area contributed by atoms with Crippen LogP contribution < -0.4 is 0 Å². The molecular formula is C16H19ClFN3. The smallest absolute Gasteiger partial charge is 0.129 e. The molecule has 3 rings (SSSR count). The number of rotatable bonds is 3. The lowest BCUT2D eigenvalue weighted by atomic mass is 10.1. The van der Waals surface area contributed by atoms with Gasteiger partial charge in [0.05, 0.1) is 5.69 Å². The van der Waals surface area contributed by atoms with Gasteiger partial charge in [0.15, 0.2) is 0 Å². The van der Waals surface area contributed by atoms with Gasteiger partial charge in [-0.3, -0.25) is 4.90 Å². The van der Waals surface area contributed by atoms with Crippen LogP contribution in [0.25, 0.3) is 0 Å². The molecule has 21 heavy (non-hydrogen) atoms. The van der Waals surface area contributed by atoms with Crippen LogP contribution in [-0.4, -0.2) is 27.5 Å². The van der Waals surface area contributed by atoms with Crippen LogP contribution in [0.15, 0.2) is 24.4 Å². The van der Waals surface area contributed by atoms with Gasteiger partial charge in [-0.1, -0.05) is 17.7 Å². The minimum Gasteiger partial charge on any atom is -0.337 e. The molecule has 1 aromatic carbocycles. The van der Waals surface area contributed by atoms with Crippen LogP contribution in [0, 0.1) is 12.7 Å². The predicted octanol–water partition coefficient (Wildman–Crippen LogP) is 3.51. The van der Waals surface area contributed by atoms with E-state index >= 15 is 0 Å². The molecule has 1 atom stereocenters. The molecule has 2 aromatic rings. The number of aryl methyl sites for hydroxylation is 2. The number of benzene rings is 1. The monoisotopic (exact) mass is 307 g/mol. The van der Waals surface area contributed by atoms with Gasteiger partial charge in [-0.15, -0.1) is 0 Å². The van der Waals surface area contributed by atoms with E-state index in [1.807, 2.05) is 14.0 Å². The minimum atomic E-state index is -0.223. The molecule has 1 fully saturated rings. The molecule has 0 aliphatic carbocycles. The molecular weight excluding hydrogens is 289 g/mol. The van der Waals surface area contributed by atoms with Crippen LogP contribution >= 0.6 is 11.6 Å². The molecule has 5 heteroatoms. The van der Waals surface area contributed by atoms with Gasteiger partial charge >= 0.3 is 0 Å². The first-order chi connectivity index (χ1) is 10.0. The second-order valence-electron chi connectivity index (χ2n) is 5.81. The quantitative estimate of drug-likeness (QED) is 0.865. The number of likely N-dealkylation sites (tertiary alicyclic amines) is 1. The summed E-state index contributed by atoms with van der Waals surface area (Å²) in [6, 6.07) is 4.90. The van der Waals surface area contributed by atoms with Gasteiger partial charge in [0, 0.05) is 42.8 Å². The number of imidazole rings is 1. The van der Waals surface area contributed by atoms with Crippen LogP contribution in [0.5, 0.6) is 0 Å². The summed E-state index contributed by atoms with van der Waals surface area (Å²) in [6.07, 6.45) is 3.12. The van der Waals surface area contributed by atoms with Crippen LogP contribution in [0.3, 0.4) is 0 Å². The molecule has 1 aliphatic rings. The molecule has 0 radical (unpaired) electrons. The lowest BCUT2D eigenvalue weighted by Gasteiger charge is -2.16. The van der Waals surface area contributed by atoms with Gasteiger partial charge in [0.25, 0.3) is 0 Å². The van der Waals surface area contributed by atoms with Crippen LogP contribution in [0.2, 0.25) is 5.02 Å². The van der Waals surface area contributed by atoms with Crippen molar-refractivity contribution in [3.8, 4) is 0 Å². The summed E-state index contributed by atoms with van der Waals surface area (Å²) in [5.74, 6) is 1.34. The molecule has 1 saturated heterocycles. The largest absolute Gasteiger partial charge is 0.337 e. The molecule has 112 valence electrons. The van der Waals surface area contributed by atoms with Crippen molar-refractivity contribution in [3.63, 3.8) is 0 Å². The molecule has 0 amide bonds. The number of hydrogen-bond acceptors (Lipinski definition) is 2. The maximum Gasteiger partial charge on any atom is 0.129 e. The van der Waals surface area contributed by atoms with Gasteiger partial charge in [0.2, 0.25) is 0 Å². The Morgan fingerprint density at radius 3 is 2.90 bits per heavy atom. The number of halogens is 2. The second-order valence-corrected chi connectivity index (χ2v) is 6.24. The van der Waals surface area contributed by atoms with Crippen molar-refractivity contribution < 1.29 is 4.39 Å². The molecule has 1 aliphatic heterocycles. The van der Waals surface area contributed by atoms with Gasteiger partial charge in [-0.2, -0.15) is 0 Å². The topological polar surface area (TPSA) is 21.1 Å². The first-order valence-electron chi connectivity index (χ1n) is 7.19. The van der Waals surface area contributed by atoms with E-state index in [1.165, 1.54) is 6.07 Å². The SMILES string of the molecule is Cc1cn(C)c([C@H]2CCN(Cc3ccc(Cl)cc3F)C2)n1. The lowest BCUT2D eigenvalue weighted by molar-refractivity contribution is 0.319. The van der Waals surface area contributed by atoms with E-state index in [0.29, 0.717) is 23.0 Å². The Morgan fingerprint density at radius 1 is 1.43 bits per heavy atom. The molecule has 1 aromatic heterocycles. The number of nitrogens with zero attached hydrogens (tertiary/aromatic N) is 3. The Hall–Kier alpha value is -1.39. The van der Waals surface area contributed by atoms with Crippen molar-refractivity contribution in [3.05, 3.63) is 52.3 Å². The van der Waals surface area contributed by atoms with Crippen molar-refractivity contribution >= 4 is 11.6 Å². The number of hydrogen-bond donors (Lipinski definition) is 0. The third-order valence-electron chi connectivity index (χ3n) is 4.08. The Labute approximate surface area is 129 Å². The minimum absolute atomic E-state index is 0.223. The molecule has 2 heterocycles. The summed E-state index contributed by atoms with van der Waals surface area (Å²) >= 11 is 5.79. The fourth-order valence-corrected chi connectivity index (χ4v) is 3.25. The molecule has 0 N–H and O–H groups in total. The third kappa shape index (κ3) is 3.11. The third-order valence-corrected chi connectivity index (χ3v) is 4.31. The highest BCUT2D eigenvalue weighted by molar-refractivity contribution is 6.30. The standard InChI is InChI=1S/C16H19ClFN3/c1-11-8-20(2)16(19-11)13-5-6-21(10-13)9-12-3-4-14(17)7-15(12)18/h3-4,7-8,13H,5-6,9-10H2,1-2H3/t13-/m0/s1. The van der Waals surface area contributed by atoms with Gasteiger partial charge < -0.3 is 4.57 Å². The maximum absolute atomic E-state index is 13.9. The molecule has 0 saturated carbocycles. The van der Waals surface area contributed by atoms with E-state index in [0.717, 1.165) is 31.0 Å². The average Bonchev–Trinajstić information content (AvgIpc) is 2.99. The van der Waals surface area contributed by atoms with E-state index < -0.39 is 0 Å². The number of aromatic nitrogens is 2. The van der Waals surface area contributed by atoms with Crippen LogP contribution in [-0.2, 0) is 13.6 Å². The summed E-state index contributed by atoms with van der Waals surface area (Å²) < 4.78 is 16.0. The predicted molar refractivity (Wildman–Crippen MR) is 82.0 cm³/mol. The second kappa shape index (κ2) is 5.78. The van der Waals surface area contributed by atoms with E-state index in [-0.39, 0.29) is 5.82 Å². The van der Waals surface area contributed by atoms with Crippen LogP contribution in [0.1, 0.15) is 29.4 Å². The van der Waals surface area contributed by atoms with Crippen molar-refractivity contribution in [2.75, 3.05) is 13.1 Å². The Kier molecular flexibility index (Phi) is 4.00. The summed E-state index contributed by atoms with van der Waals surface area (Å²) in [5, 5.41) is 0.444. The zero-order valence-corrected chi connectivity index (χ0v) is 13.1. The van der Waals surface area contributed by atoms with Crippen molar-refractivity contribution in [2.24, 2.45) is 7.05 Å². The van der Waals surface area contributed by atoms with Crippen molar-refractivity contribution in [1.82, 2.24) is 14.5 Å². The fraction of sp³-hybridized carbons (Fsp3) is 0.438. The summed E-state index contributed by atoms with van der Waals surface area (Å²) in [5.41, 5.74) is 1.76. The fourth-order valence-electron chi connectivity index (χ4n) is 3.09. The lowest BCUT2D eigenvalue weighted by Crippen LogP contribution is -2.21. The van der Waals surface area contributed by atoms with E-state index in [4.69, 9.17) is 11.6 Å². The van der Waals surface area contributed by atoms with Crippen LogP contribution in [0.4, 0.5) is 4.39 Å². The van der Waals surface area contributed by atoms with Crippen molar-refractivity contribution in [1.29, 1.82) is 0 Å². The first-order valence-corrected chi connectivity index (χ1v) is 7.57. The zero-order valence-electron chi connectivity index (χ0n) is 12.3. The first kappa shape index (κ1) is 14.5. The van der Waals surface area contributed by atoms with Gasteiger partial charge in [0.1, 0.15) is 11.6 Å². The average molecular weight is 308 g/mol. The highest BCUT2D eigenvalue weighted by atomic mass is 35.5. The summed E-state index contributed by atoms with van der Waals surface area (Å²) in [4.78, 5) is 6.89. The zero-order chi connectivity index (χ0) is 15.0. The Bertz CT molecular complexity index is 653. The maximum atomic E-state index is 13.9. The van der Waals surface area contributed by atoms with Gasteiger partial charge in [-0.05, 0) is 32.0 Å². The van der Waals surface area contributed by atoms with Gasteiger partial charge in [-0.25, -0.2) is 9.37 Å². The Balaban J connectivity index is 1.68. The van der Waals surface area contributed by atoms with Crippen molar-refractivity contribution in [2.45, 2.75) is 25.8 Å². The molecule has 0 spiro atoms. The normalized spacial score (nSPS) is 19.3. The van der Waals surface area contributed by atoms with E-state index in [1.54, 1.807) is 12.1 Å². The molecule has 3 nitrogen and oxygen atoms in total. The Morgan fingerprint density at radius 2 is 2.24 bits per heavy atom. The summed E-state index contributed by atoms with van der Waals surface area (Å²) in [7, 11) is 2.04. The highest BCUT2D eigenvalue weighted by Crippen LogP contribution is 2.28. The molecule has 0 unspecified atom stereocenters. The van der Waals surface area contributed by atoms with E-state index in [2.05, 4.69) is 20.6 Å². The van der Waals surface area contributed by atoms with E-state index in [9.17, 15) is 4.39 Å². The molecule has 0 bridgehead atoms.